The molecule has 0 aliphatic carbocycles. The lowest BCUT2D eigenvalue weighted by atomic mass is 10.2. The highest BCUT2D eigenvalue weighted by Gasteiger charge is 2.34. The Balaban J connectivity index is 2.33. The van der Waals surface area contributed by atoms with Crippen LogP contribution in [0.15, 0.2) is 23.1 Å². The molecule has 1 aromatic rings. The SMILES string of the molecule is CNCc1cc(S(=O)(=O)N2CCSC(C)(C)C2)ccc1F. The minimum absolute atomic E-state index is 0.0981. The first-order valence-electron chi connectivity index (χ1n) is 6.83. The second-order valence-electron chi connectivity index (χ2n) is 5.73. The lowest BCUT2D eigenvalue weighted by Crippen LogP contribution is -2.46. The molecule has 0 unspecified atom stereocenters. The van der Waals surface area contributed by atoms with Gasteiger partial charge in [0, 0.05) is 35.7 Å². The zero-order chi connectivity index (χ0) is 15.7. The Hall–Kier alpha value is -0.630. The minimum Gasteiger partial charge on any atom is -0.316 e. The van der Waals surface area contributed by atoms with Gasteiger partial charge in [0.05, 0.1) is 4.90 Å². The van der Waals surface area contributed by atoms with Gasteiger partial charge in [-0.2, -0.15) is 16.1 Å². The van der Waals surface area contributed by atoms with E-state index in [0.29, 0.717) is 25.2 Å². The van der Waals surface area contributed by atoms with Crippen molar-refractivity contribution in [3.8, 4) is 0 Å². The van der Waals surface area contributed by atoms with Gasteiger partial charge in [0.25, 0.3) is 0 Å². The van der Waals surface area contributed by atoms with Crippen molar-refractivity contribution >= 4 is 21.8 Å². The zero-order valence-electron chi connectivity index (χ0n) is 12.5. The third-order valence-electron chi connectivity index (χ3n) is 3.41. The predicted octanol–water partition coefficient (Wildman–Crippen LogP) is 2.06. The van der Waals surface area contributed by atoms with Crippen molar-refractivity contribution in [2.45, 2.75) is 30.0 Å². The summed E-state index contributed by atoms with van der Waals surface area (Å²) in [5, 5.41) is 2.84. The maximum absolute atomic E-state index is 13.7. The highest BCUT2D eigenvalue weighted by atomic mass is 32.2. The first-order chi connectivity index (χ1) is 9.76. The molecule has 0 amide bonds. The zero-order valence-corrected chi connectivity index (χ0v) is 14.2. The highest BCUT2D eigenvalue weighted by molar-refractivity contribution is 8.00. The van der Waals surface area contributed by atoms with Crippen molar-refractivity contribution in [3.05, 3.63) is 29.6 Å². The fourth-order valence-electron chi connectivity index (χ4n) is 2.36. The van der Waals surface area contributed by atoms with Crippen LogP contribution in [0.4, 0.5) is 4.39 Å². The number of sulfonamides is 1. The Morgan fingerprint density at radius 2 is 2.14 bits per heavy atom. The van der Waals surface area contributed by atoms with Gasteiger partial charge in [0.2, 0.25) is 10.0 Å². The standard InChI is InChI=1S/C14H21FN2O2S2/c1-14(2)10-17(6-7-20-14)21(18,19)12-4-5-13(15)11(8-12)9-16-3/h4-5,8,16H,6-7,9-10H2,1-3H3. The van der Waals surface area contributed by atoms with E-state index in [1.54, 1.807) is 18.8 Å². The van der Waals surface area contributed by atoms with Crippen LogP contribution in [0.1, 0.15) is 19.4 Å². The van der Waals surface area contributed by atoms with Crippen LogP contribution in [-0.4, -0.2) is 43.4 Å². The number of nitrogens with one attached hydrogen (secondary N) is 1. The second-order valence-corrected chi connectivity index (χ2v) is 9.47. The van der Waals surface area contributed by atoms with E-state index in [0.717, 1.165) is 5.75 Å². The summed E-state index contributed by atoms with van der Waals surface area (Å²) < 4.78 is 40.5. The van der Waals surface area contributed by atoms with E-state index in [4.69, 9.17) is 0 Å². The van der Waals surface area contributed by atoms with Crippen LogP contribution in [0, 0.1) is 5.82 Å². The highest BCUT2D eigenvalue weighted by Crippen LogP contribution is 2.32. The first-order valence-corrected chi connectivity index (χ1v) is 9.26. The van der Waals surface area contributed by atoms with Crippen molar-refractivity contribution in [2.24, 2.45) is 0 Å². The molecule has 1 fully saturated rings. The fraction of sp³-hybridized carbons (Fsp3) is 0.571. The molecule has 118 valence electrons. The van der Waals surface area contributed by atoms with Crippen LogP contribution in [0.2, 0.25) is 0 Å². The van der Waals surface area contributed by atoms with Gasteiger partial charge >= 0.3 is 0 Å². The molecule has 4 nitrogen and oxygen atoms in total. The third-order valence-corrected chi connectivity index (χ3v) is 6.55. The van der Waals surface area contributed by atoms with Crippen LogP contribution >= 0.6 is 11.8 Å². The van der Waals surface area contributed by atoms with Gasteiger partial charge in [-0.05, 0) is 39.1 Å². The second kappa shape index (κ2) is 6.24. The molecule has 21 heavy (non-hydrogen) atoms. The average molecular weight is 332 g/mol. The Morgan fingerprint density at radius 3 is 2.76 bits per heavy atom. The van der Waals surface area contributed by atoms with Crippen molar-refractivity contribution in [3.63, 3.8) is 0 Å². The topological polar surface area (TPSA) is 49.4 Å². The monoisotopic (exact) mass is 332 g/mol. The lowest BCUT2D eigenvalue weighted by Gasteiger charge is -2.36. The molecule has 1 saturated heterocycles. The molecule has 0 saturated carbocycles. The van der Waals surface area contributed by atoms with Gasteiger partial charge < -0.3 is 5.32 Å². The van der Waals surface area contributed by atoms with E-state index < -0.39 is 15.8 Å². The number of hydrogen-bond donors (Lipinski definition) is 1. The van der Waals surface area contributed by atoms with Gasteiger partial charge in [0.1, 0.15) is 5.82 Å². The summed E-state index contributed by atoms with van der Waals surface area (Å²) in [5.41, 5.74) is 0.365. The molecule has 0 aromatic heterocycles. The molecule has 1 aliphatic rings. The lowest BCUT2D eigenvalue weighted by molar-refractivity contribution is 0.387. The number of rotatable bonds is 4. The van der Waals surface area contributed by atoms with Crippen molar-refractivity contribution < 1.29 is 12.8 Å². The third kappa shape index (κ3) is 3.77. The molecule has 0 radical (unpaired) electrons. The molecule has 1 heterocycles. The summed E-state index contributed by atoms with van der Waals surface area (Å²) >= 11 is 1.77. The summed E-state index contributed by atoms with van der Waals surface area (Å²) in [4.78, 5) is 0.164. The molecular weight excluding hydrogens is 311 g/mol. The van der Waals surface area contributed by atoms with Gasteiger partial charge in [-0.15, -0.1) is 0 Å². The number of benzene rings is 1. The molecule has 2 rings (SSSR count). The Bertz CT molecular complexity index is 617. The predicted molar refractivity (Wildman–Crippen MR) is 84.5 cm³/mol. The fourth-order valence-corrected chi connectivity index (χ4v) is 5.33. The van der Waals surface area contributed by atoms with E-state index in [1.807, 2.05) is 13.8 Å². The summed E-state index contributed by atoms with van der Waals surface area (Å²) in [6.45, 7) is 5.34. The molecule has 1 aliphatic heterocycles. The van der Waals surface area contributed by atoms with Crippen molar-refractivity contribution in [1.82, 2.24) is 9.62 Å². The Morgan fingerprint density at radius 1 is 1.43 bits per heavy atom. The van der Waals surface area contributed by atoms with E-state index >= 15 is 0 Å². The van der Waals surface area contributed by atoms with E-state index in [1.165, 1.54) is 22.5 Å². The number of halogens is 1. The quantitative estimate of drug-likeness (QED) is 0.917. The maximum Gasteiger partial charge on any atom is 0.243 e. The summed E-state index contributed by atoms with van der Waals surface area (Å²) in [5.74, 6) is 0.384. The Kier molecular flexibility index (Phi) is 4.97. The maximum atomic E-state index is 13.7. The summed E-state index contributed by atoms with van der Waals surface area (Å²) in [6, 6.07) is 4.00. The average Bonchev–Trinajstić information content (AvgIpc) is 2.40. The normalized spacial score (nSPS) is 19.6. The van der Waals surface area contributed by atoms with Gasteiger partial charge in [-0.25, -0.2) is 12.8 Å². The van der Waals surface area contributed by atoms with Crippen LogP contribution < -0.4 is 5.32 Å². The molecular formula is C14H21FN2O2S2. The van der Waals surface area contributed by atoms with Gasteiger partial charge in [0.15, 0.2) is 0 Å². The van der Waals surface area contributed by atoms with Crippen molar-refractivity contribution in [2.75, 3.05) is 25.9 Å². The smallest absolute Gasteiger partial charge is 0.243 e. The van der Waals surface area contributed by atoms with Crippen LogP contribution in [0.3, 0.4) is 0 Å². The molecule has 1 aromatic carbocycles. The molecule has 0 bridgehead atoms. The van der Waals surface area contributed by atoms with Crippen LogP contribution in [0.25, 0.3) is 0 Å². The first kappa shape index (κ1) is 16.7. The van der Waals surface area contributed by atoms with Crippen LogP contribution in [-0.2, 0) is 16.6 Å². The van der Waals surface area contributed by atoms with Gasteiger partial charge in [-0.1, -0.05) is 0 Å². The minimum atomic E-state index is -3.57. The Labute approximate surface area is 130 Å². The summed E-state index contributed by atoms with van der Waals surface area (Å²) in [7, 11) is -1.87. The molecule has 1 N–H and O–H groups in total. The summed E-state index contributed by atoms with van der Waals surface area (Å²) in [6.07, 6.45) is 0. The number of nitrogens with zero attached hydrogens (tertiary/aromatic N) is 1. The molecule has 0 spiro atoms. The van der Waals surface area contributed by atoms with Crippen molar-refractivity contribution in [1.29, 1.82) is 0 Å². The largest absolute Gasteiger partial charge is 0.316 e. The number of thioether (sulfide) groups is 1. The van der Waals surface area contributed by atoms with E-state index in [9.17, 15) is 12.8 Å². The van der Waals surface area contributed by atoms with E-state index in [-0.39, 0.29) is 9.64 Å². The number of hydrogen-bond acceptors (Lipinski definition) is 4. The molecule has 7 heteroatoms. The van der Waals surface area contributed by atoms with Gasteiger partial charge in [-0.3, -0.25) is 0 Å². The van der Waals surface area contributed by atoms with E-state index in [2.05, 4.69) is 5.32 Å². The molecule has 0 atom stereocenters. The van der Waals surface area contributed by atoms with Crippen LogP contribution in [0.5, 0.6) is 0 Å².